The Bertz CT molecular complexity index is 1240. The average molecular weight is 469 g/mol. The molecule has 1 atom stereocenters. The lowest BCUT2D eigenvalue weighted by Gasteiger charge is -2.18. The lowest BCUT2D eigenvalue weighted by molar-refractivity contribution is -0.132. The maximum atomic E-state index is 13.6. The molecule has 0 radical (unpaired) electrons. The van der Waals surface area contributed by atoms with Crippen LogP contribution in [0.4, 0.5) is 8.78 Å². The van der Waals surface area contributed by atoms with E-state index in [1.54, 1.807) is 18.3 Å². The first-order valence-electron chi connectivity index (χ1n) is 10.2. The molecule has 2 aromatic heterocycles. The standard InChI is InChI=1S/C24H20F2N4O2.H2S/c1-15-2-3-17(13-29-15)16-4-5-21-20(10-16)19(8-9-28-21)22(31)6-7-23(32)30-14-24(25,26)11-18(30)12-27;/h2-5,8-10,13,18H,6-7,11,14H2,1H3;1H2/t18-;/m0./s1. The van der Waals surface area contributed by atoms with Crippen LogP contribution < -0.4 is 0 Å². The van der Waals surface area contributed by atoms with Gasteiger partial charge in [-0.15, -0.1) is 0 Å². The van der Waals surface area contributed by atoms with E-state index >= 15 is 0 Å². The number of pyridine rings is 2. The van der Waals surface area contributed by atoms with Crippen LogP contribution in [-0.2, 0) is 4.79 Å². The summed E-state index contributed by atoms with van der Waals surface area (Å²) in [5.41, 5.74) is 3.71. The van der Waals surface area contributed by atoms with Crippen LogP contribution in [0.15, 0.2) is 48.8 Å². The Morgan fingerprint density at radius 3 is 2.61 bits per heavy atom. The second-order valence-corrected chi connectivity index (χ2v) is 7.93. The fraction of sp³-hybridized carbons (Fsp3) is 0.292. The van der Waals surface area contributed by atoms with Crippen molar-refractivity contribution in [3.05, 3.63) is 60.0 Å². The zero-order valence-corrected chi connectivity index (χ0v) is 18.9. The number of carbonyl (C=O) groups is 2. The Labute approximate surface area is 196 Å². The van der Waals surface area contributed by atoms with E-state index in [4.69, 9.17) is 5.26 Å². The van der Waals surface area contributed by atoms with Crippen LogP contribution in [0.2, 0.25) is 0 Å². The number of hydrogen-bond acceptors (Lipinski definition) is 5. The number of aromatic nitrogens is 2. The van der Waals surface area contributed by atoms with Gasteiger partial charge in [-0.05, 0) is 36.8 Å². The molecule has 1 aromatic carbocycles. The summed E-state index contributed by atoms with van der Waals surface area (Å²) >= 11 is 0. The van der Waals surface area contributed by atoms with Crippen molar-refractivity contribution in [2.75, 3.05) is 6.54 Å². The second kappa shape index (κ2) is 9.63. The Kier molecular flexibility index (Phi) is 7.08. The first kappa shape index (κ1) is 24.3. The molecule has 0 aliphatic carbocycles. The number of Topliss-reactive ketones (excluding diaryl/α,β-unsaturated/α-hetero) is 1. The summed E-state index contributed by atoms with van der Waals surface area (Å²) in [4.78, 5) is 34.8. The molecule has 1 saturated heterocycles. The number of rotatable bonds is 5. The molecule has 9 heteroatoms. The van der Waals surface area contributed by atoms with Crippen molar-refractivity contribution in [2.45, 2.75) is 38.2 Å². The van der Waals surface area contributed by atoms with Gasteiger partial charge in [0, 0.05) is 53.9 Å². The second-order valence-electron chi connectivity index (χ2n) is 7.93. The average Bonchev–Trinajstić information content (AvgIpc) is 3.11. The van der Waals surface area contributed by atoms with Gasteiger partial charge in [-0.2, -0.15) is 18.8 Å². The van der Waals surface area contributed by atoms with Crippen molar-refractivity contribution in [3.63, 3.8) is 0 Å². The van der Waals surface area contributed by atoms with Gasteiger partial charge in [0.2, 0.25) is 5.91 Å². The van der Waals surface area contributed by atoms with Crippen molar-refractivity contribution >= 4 is 36.1 Å². The summed E-state index contributed by atoms with van der Waals surface area (Å²) in [6.07, 6.45) is 2.23. The molecule has 0 saturated carbocycles. The van der Waals surface area contributed by atoms with Crippen LogP contribution in [-0.4, -0.2) is 45.1 Å². The minimum Gasteiger partial charge on any atom is -0.320 e. The molecular formula is C24H22F2N4O2S. The SMILES string of the molecule is Cc1ccc(-c2ccc3nccc(C(=O)CCC(=O)N4CC(F)(F)C[C@H]4C#N)c3c2)cn1.S. The van der Waals surface area contributed by atoms with Crippen LogP contribution in [0, 0.1) is 18.3 Å². The Morgan fingerprint density at radius 2 is 1.91 bits per heavy atom. The minimum atomic E-state index is -3.08. The highest BCUT2D eigenvalue weighted by molar-refractivity contribution is 7.59. The monoisotopic (exact) mass is 468 g/mol. The number of ketones is 1. The zero-order chi connectivity index (χ0) is 22.9. The number of hydrogen-bond donors (Lipinski definition) is 0. The maximum absolute atomic E-state index is 13.6. The first-order valence-corrected chi connectivity index (χ1v) is 10.2. The molecule has 0 N–H and O–H groups in total. The van der Waals surface area contributed by atoms with Crippen LogP contribution in [0.1, 0.15) is 35.3 Å². The fourth-order valence-electron chi connectivity index (χ4n) is 3.90. The number of halogens is 2. The molecule has 33 heavy (non-hydrogen) atoms. The quantitative estimate of drug-likeness (QED) is 0.517. The van der Waals surface area contributed by atoms with E-state index in [-0.39, 0.29) is 32.1 Å². The van der Waals surface area contributed by atoms with Gasteiger partial charge in [0.1, 0.15) is 6.04 Å². The van der Waals surface area contributed by atoms with Gasteiger partial charge in [-0.1, -0.05) is 12.1 Å². The third kappa shape index (κ3) is 5.17. The molecule has 3 aromatic rings. The van der Waals surface area contributed by atoms with E-state index in [1.165, 1.54) is 6.20 Å². The van der Waals surface area contributed by atoms with Crippen LogP contribution in [0.5, 0.6) is 0 Å². The number of alkyl halides is 2. The van der Waals surface area contributed by atoms with Gasteiger partial charge in [0.25, 0.3) is 5.92 Å². The molecule has 170 valence electrons. The molecule has 4 rings (SSSR count). The molecular weight excluding hydrogens is 446 g/mol. The van der Waals surface area contributed by atoms with Crippen molar-refractivity contribution in [1.82, 2.24) is 14.9 Å². The third-order valence-corrected chi connectivity index (χ3v) is 5.59. The number of carbonyl (C=O) groups excluding carboxylic acids is 2. The zero-order valence-electron chi connectivity index (χ0n) is 17.9. The summed E-state index contributed by atoms with van der Waals surface area (Å²) < 4.78 is 27.2. The summed E-state index contributed by atoms with van der Waals surface area (Å²) in [6, 6.07) is 11.6. The molecule has 1 aliphatic rings. The van der Waals surface area contributed by atoms with Crippen molar-refractivity contribution < 1.29 is 18.4 Å². The van der Waals surface area contributed by atoms with Gasteiger partial charge in [0.15, 0.2) is 5.78 Å². The summed E-state index contributed by atoms with van der Waals surface area (Å²) in [5, 5.41) is 9.71. The molecule has 1 amide bonds. The van der Waals surface area contributed by atoms with E-state index in [1.807, 2.05) is 37.3 Å². The number of aryl methyl sites for hydroxylation is 1. The molecule has 0 unspecified atom stereocenters. The summed E-state index contributed by atoms with van der Waals surface area (Å²) in [7, 11) is 0. The largest absolute Gasteiger partial charge is 0.320 e. The summed E-state index contributed by atoms with van der Waals surface area (Å²) in [6.45, 7) is 1.11. The van der Waals surface area contributed by atoms with Gasteiger partial charge < -0.3 is 4.90 Å². The number of benzene rings is 1. The Balaban J connectivity index is 0.00000306. The van der Waals surface area contributed by atoms with E-state index in [0.29, 0.717) is 16.5 Å². The molecule has 1 aliphatic heterocycles. The molecule has 1 fully saturated rings. The number of amides is 1. The molecule has 0 bridgehead atoms. The van der Waals surface area contributed by atoms with Gasteiger partial charge in [0.05, 0.1) is 18.1 Å². The third-order valence-electron chi connectivity index (χ3n) is 5.59. The molecule has 3 heterocycles. The summed E-state index contributed by atoms with van der Waals surface area (Å²) in [5.74, 6) is -3.99. The number of nitriles is 1. The maximum Gasteiger partial charge on any atom is 0.268 e. The van der Waals surface area contributed by atoms with Crippen LogP contribution in [0.3, 0.4) is 0 Å². The topological polar surface area (TPSA) is 87.0 Å². The lowest BCUT2D eigenvalue weighted by atomic mass is 9.98. The smallest absolute Gasteiger partial charge is 0.268 e. The molecule has 0 spiro atoms. The fourth-order valence-corrected chi connectivity index (χ4v) is 3.90. The van der Waals surface area contributed by atoms with Gasteiger partial charge in [-0.25, -0.2) is 8.78 Å². The van der Waals surface area contributed by atoms with E-state index in [9.17, 15) is 18.4 Å². The lowest BCUT2D eigenvalue weighted by Crippen LogP contribution is -2.36. The normalized spacial score (nSPS) is 16.8. The van der Waals surface area contributed by atoms with Gasteiger partial charge >= 0.3 is 0 Å². The van der Waals surface area contributed by atoms with E-state index in [0.717, 1.165) is 21.7 Å². The van der Waals surface area contributed by atoms with Crippen molar-refractivity contribution in [3.8, 4) is 17.2 Å². The van der Waals surface area contributed by atoms with E-state index < -0.39 is 30.8 Å². The highest BCUT2D eigenvalue weighted by Gasteiger charge is 2.47. The predicted octanol–water partition coefficient (Wildman–Crippen LogP) is 4.44. The molecule has 6 nitrogen and oxygen atoms in total. The first-order chi connectivity index (χ1) is 15.3. The number of likely N-dealkylation sites (tertiary alicyclic amines) is 1. The number of fused-ring (bicyclic) bond motifs is 1. The Morgan fingerprint density at radius 1 is 1.15 bits per heavy atom. The van der Waals surface area contributed by atoms with E-state index in [2.05, 4.69) is 9.97 Å². The Hall–Kier alpha value is -3.38. The minimum absolute atomic E-state index is 0. The van der Waals surface area contributed by atoms with Crippen LogP contribution in [0.25, 0.3) is 22.0 Å². The predicted molar refractivity (Wildman–Crippen MR) is 124 cm³/mol. The highest BCUT2D eigenvalue weighted by Crippen LogP contribution is 2.32. The van der Waals surface area contributed by atoms with Crippen molar-refractivity contribution in [1.29, 1.82) is 5.26 Å². The highest BCUT2D eigenvalue weighted by atomic mass is 32.1. The van der Waals surface area contributed by atoms with Crippen LogP contribution >= 0.6 is 13.5 Å². The van der Waals surface area contributed by atoms with Gasteiger partial charge in [-0.3, -0.25) is 19.6 Å². The number of nitrogens with zero attached hydrogens (tertiary/aromatic N) is 4. The van der Waals surface area contributed by atoms with Crippen molar-refractivity contribution in [2.24, 2.45) is 0 Å².